The molecule has 0 fully saturated rings. The van der Waals surface area contributed by atoms with Crippen molar-refractivity contribution in [1.82, 2.24) is 0 Å². The summed E-state index contributed by atoms with van der Waals surface area (Å²) in [6, 6.07) is 9.91. The van der Waals surface area contributed by atoms with Crippen LogP contribution in [0.2, 0.25) is 10.0 Å². The van der Waals surface area contributed by atoms with E-state index in [1.165, 1.54) is 11.1 Å². The molecular formula is C14H11BrCl2N2. The molecule has 0 saturated carbocycles. The summed E-state index contributed by atoms with van der Waals surface area (Å²) < 4.78 is 0.809. The van der Waals surface area contributed by atoms with E-state index in [9.17, 15) is 0 Å². The zero-order valence-corrected chi connectivity index (χ0v) is 13.1. The van der Waals surface area contributed by atoms with Gasteiger partial charge in [-0.2, -0.15) is 0 Å². The Balaban J connectivity index is 1.97. The maximum Gasteiger partial charge on any atom is 0.0837 e. The van der Waals surface area contributed by atoms with Crippen molar-refractivity contribution in [3.05, 3.63) is 56.0 Å². The minimum atomic E-state index is 0.551. The van der Waals surface area contributed by atoms with Crippen molar-refractivity contribution in [3.8, 4) is 0 Å². The highest BCUT2D eigenvalue weighted by Crippen LogP contribution is 2.40. The molecule has 1 heterocycles. The van der Waals surface area contributed by atoms with Crippen LogP contribution in [0.3, 0.4) is 0 Å². The van der Waals surface area contributed by atoms with Gasteiger partial charge >= 0.3 is 0 Å². The third-order valence-corrected chi connectivity index (χ3v) is 5.07. The van der Waals surface area contributed by atoms with Crippen LogP contribution in [0.25, 0.3) is 0 Å². The Morgan fingerprint density at radius 1 is 1.00 bits per heavy atom. The first kappa shape index (κ1) is 13.1. The largest absolute Gasteiger partial charge is 0.399 e. The molecule has 0 radical (unpaired) electrons. The van der Waals surface area contributed by atoms with Gasteiger partial charge in [-0.05, 0) is 51.3 Å². The van der Waals surface area contributed by atoms with Gasteiger partial charge in [-0.15, -0.1) is 0 Å². The molecule has 0 amide bonds. The van der Waals surface area contributed by atoms with Crippen LogP contribution in [0.15, 0.2) is 34.8 Å². The third kappa shape index (κ3) is 2.31. The van der Waals surface area contributed by atoms with Gasteiger partial charge in [0.25, 0.3) is 0 Å². The lowest BCUT2D eigenvalue weighted by molar-refractivity contribution is 0.880. The summed E-state index contributed by atoms with van der Waals surface area (Å²) in [6.45, 7) is 1.63. The van der Waals surface area contributed by atoms with Crippen molar-refractivity contribution < 1.29 is 0 Å². The average Bonchev–Trinajstić information content (AvgIpc) is 2.78. The zero-order valence-electron chi connectivity index (χ0n) is 9.96. The normalized spacial score (nSPS) is 13.7. The smallest absolute Gasteiger partial charge is 0.0837 e. The molecule has 19 heavy (non-hydrogen) atoms. The monoisotopic (exact) mass is 356 g/mol. The van der Waals surface area contributed by atoms with Gasteiger partial charge in [-0.25, -0.2) is 0 Å². The number of hydrogen-bond acceptors (Lipinski definition) is 2. The van der Waals surface area contributed by atoms with Gasteiger partial charge in [0.15, 0.2) is 0 Å². The molecule has 0 atom stereocenters. The average molecular weight is 358 g/mol. The molecule has 2 N–H and O–H groups in total. The maximum atomic E-state index is 6.32. The molecule has 0 aromatic heterocycles. The summed E-state index contributed by atoms with van der Waals surface area (Å²) in [7, 11) is 0. The fourth-order valence-electron chi connectivity index (χ4n) is 2.34. The molecular weight excluding hydrogens is 347 g/mol. The van der Waals surface area contributed by atoms with Crippen LogP contribution >= 0.6 is 39.1 Å². The van der Waals surface area contributed by atoms with Crippen LogP contribution in [0.1, 0.15) is 11.1 Å². The fraction of sp³-hybridized carbons (Fsp3) is 0.143. The molecule has 2 aromatic carbocycles. The number of anilines is 2. The highest BCUT2D eigenvalue weighted by Gasteiger charge is 2.22. The minimum absolute atomic E-state index is 0.551. The van der Waals surface area contributed by atoms with Crippen LogP contribution in [-0.4, -0.2) is 0 Å². The topological polar surface area (TPSA) is 29.3 Å². The second kappa shape index (κ2) is 4.89. The zero-order chi connectivity index (χ0) is 13.6. The maximum absolute atomic E-state index is 6.32. The number of fused-ring (bicyclic) bond motifs is 1. The SMILES string of the molecule is Nc1ccc2c(c1)CN(c1ccc(Br)c(Cl)c1Cl)C2. The highest BCUT2D eigenvalue weighted by molar-refractivity contribution is 9.10. The van der Waals surface area contributed by atoms with Crippen molar-refractivity contribution in [2.75, 3.05) is 10.6 Å². The van der Waals surface area contributed by atoms with Crippen molar-refractivity contribution in [1.29, 1.82) is 0 Å². The first-order valence-corrected chi connectivity index (χ1v) is 7.37. The first-order valence-electron chi connectivity index (χ1n) is 5.82. The Morgan fingerprint density at radius 2 is 1.74 bits per heavy atom. The van der Waals surface area contributed by atoms with E-state index in [1.54, 1.807) is 0 Å². The number of halogens is 3. The van der Waals surface area contributed by atoms with Gasteiger partial charge in [-0.1, -0.05) is 29.3 Å². The molecule has 3 rings (SSSR count). The van der Waals surface area contributed by atoms with Gasteiger partial charge in [-0.3, -0.25) is 0 Å². The molecule has 0 spiro atoms. The number of hydrogen-bond donors (Lipinski definition) is 1. The van der Waals surface area contributed by atoms with Crippen LogP contribution in [0, 0.1) is 0 Å². The molecule has 2 nitrogen and oxygen atoms in total. The van der Waals surface area contributed by atoms with E-state index in [0.717, 1.165) is 28.9 Å². The molecule has 2 aromatic rings. The lowest BCUT2D eigenvalue weighted by atomic mass is 10.1. The van der Waals surface area contributed by atoms with Crippen molar-refractivity contribution in [2.45, 2.75) is 13.1 Å². The molecule has 1 aliphatic rings. The van der Waals surface area contributed by atoms with Crippen LogP contribution in [-0.2, 0) is 13.1 Å². The van der Waals surface area contributed by atoms with E-state index in [-0.39, 0.29) is 0 Å². The third-order valence-electron chi connectivity index (χ3n) is 3.31. The molecule has 0 bridgehead atoms. The number of rotatable bonds is 1. The Morgan fingerprint density at radius 3 is 2.53 bits per heavy atom. The second-order valence-electron chi connectivity index (χ2n) is 4.58. The highest BCUT2D eigenvalue weighted by atomic mass is 79.9. The Labute approximate surface area is 130 Å². The van der Waals surface area contributed by atoms with Crippen molar-refractivity contribution >= 4 is 50.5 Å². The van der Waals surface area contributed by atoms with Crippen LogP contribution < -0.4 is 10.6 Å². The van der Waals surface area contributed by atoms with E-state index in [0.29, 0.717) is 10.0 Å². The summed E-state index contributed by atoms with van der Waals surface area (Å²) in [5.74, 6) is 0. The second-order valence-corrected chi connectivity index (χ2v) is 6.19. The quantitative estimate of drug-likeness (QED) is 0.583. The number of nitrogens with zero attached hydrogens (tertiary/aromatic N) is 1. The molecule has 5 heteroatoms. The molecule has 1 aliphatic heterocycles. The van der Waals surface area contributed by atoms with E-state index >= 15 is 0 Å². The van der Waals surface area contributed by atoms with E-state index in [4.69, 9.17) is 28.9 Å². The lowest BCUT2D eigenvalue weighted by Crippen LogP contribution is -2.14. The standard InChI is InChI=1S/C14H11BrCl2N2/c15-11-3-4-12(14(17)13(11)16)19-6-8-1-2-10(18)5-9(8)7-19/h1-5H,6-7,18H2. The predicted molar refractivity (Wildman–Crippen MR) is 84.9 cm³/mol. The summed E-state index contributed by atoms with van der Waals surface area (Å²) in [5, 5.41) is 1.13. The number of nitrogen functional groups attached to an aromatic ring is 1. The summed E-state index contributed by atoms with van der Waals surface area (Å²) in [4.78, 5) is 2.20. The van der Waals surface area contributed by atoms with E-state index < -0.39 is 0 Å². The fourth-order valence-corrected chi connectivity index (χ4v) is 3.23. The van der Waals surface area contributed by atoms with Gasteiger partial charge < -0.3 is 10.6 Å². The summed E-state index contributed by atoms with van der Waals surface area (Å²) >= 11 is 15.9. The van der Waals surface area contributed by atoms with Crippen LogP contribution in [0.5, 0.6) is 0 Å². The molecule has 0 saturated heterocycles. The summed E-state index contributed by atoms with van der Waals surface area (Å²) in [5.41, 5.74) is 10.1. The Kier molecular flexibility index (Phi) is 3.37. The Hall–Kier alpha value is -0.900. The lowest BCUT2D eigenvalue weighted by Gasteiger charge is -2.20. The number of benzene rings is 2. The van der Waals surface area contributed by atoms with Gasteiger partial charge in [0, 0.05) is 23.2 Å². The predicted octanol–water partition coefficient (Wildman–Crippen LogP) is 4.86. The molecule has 98 valence electrons. The number of nitrogens with two attached hydrogens (primary N) is 1. The van der Waals surface area contributed by atoms with E-state index in [2.05, 4.69) is 26.9 Å². The minimum Gasteiger partial charge on any atom is -0.399 e. The Bertz CT molecular complexity index is 658. The summed E-state index contributed by atoms with van der Waals surface area (Å²) in [6.07, 6.45) is 0. The van der Waals surface area contributed by atoms with Crippen molar-refractivity contribution in [3.63, 3.8) is 0 Å². The van der Waals surface area contributed by atoms with Crippen LogP contribution in [0.4, 0.5) is 11.4 Å². The van der Waals surface area contributed by atoms with Gasteiger partial charge in [0.1, 0.15) is 0 Å². The first-order chi connectivity index (χ1) is 9.06. The van der Waals surface area contributed by atoms with Gasteiger partial charge in [0.2, 0.25) is 0 Å². The molecule has 0 aliphatic carbocycles. The van der Waals surface area contributed by atoms with Crippen molar-refractivity contribution in [2.24, 2.45) is 0 Å². The molecule has 0 unspecified atom stereocenters. The van der Waals surface area contributed by atoms with Gasteiger partial charge in [0.05, 0.1) is 15.7 Å². The van der Waals surface area contributed by atoms with E-state index in [1.807, 2.05) is 24.3 Å².